The van der Waals surface area contributed by atoms with Crippen molar-refractivity contribution >= 4 is 17.4 Å². The molecule has 0 unspecified atom stereocenters. The first-order valence-corrected chi connectivity index (χ1v) is 10.1. The predicted octanol–water partition coefficient (Wildman–Crippen LogP) is 4.77. The highest BCUT2D eigenvalue weighted by molar-refractivity contribution is 5.95. The number of carbonyl (C=O) groups excluding carboxylic acids is 1. The van der Waals surface area contributed by atoms with Crippen molar-refractivity contribution < 1.29 is 9.53 Å². The zero-order valence-corrected chi connectivity index (χ0v) is 18.3. The highest BCUT2D eigenvalue weighted by atomic mass is 16.5. The van der Waals surface area contributed by atoms with Crippen molar-refractivity contribution in [3.63, 3.8) is 0 Å². The fraction of sp³-hybridized carbons (Fsp3) is 0.280. The molecule has 0 saturated heterocycles. The molecule has 3 rings (SSSR count). The minimum Gasteiger partial charge on any atom is -0.481 e. The molecule has 1 amide bonds. The molecule has 0 aliphatic carbocycles. The maximum Gasteiger partial charge on any atom is 0.269 e. The van der Waals surface area contributed by atoms with E-state index in [2.05, 4.69) is 4.98 Å². The van der Waals surface area contributed by atoms with Crippen LogP contribution in [0.3, 0.4) is 0 Å². The molecule has 3 aromatic rings. The summed E-state index contributed by atoms with van der Waals surface area (Å²) >= 11 is 0. The number of aromatic nitrogens is 1. The van der Waals surface area contributed by atoms with Crippen LogP contribution < -0.4 is 14.5 Å². The van der Waals surface area contributed by atoms with Gasteiger partial charge in [-0.1, -0.05) is 30.3 Å². The van der Waals surface area contributed by atoms with Gasteiger partial charge in [0.1, 0.15) is 11.6 Å². The van der Waals surface area contributed by atoms with Gasteiger partial charge in [0.2, 0.25) is 0 Å². The van der Waals surface area contributed by atoms with Crippen LogP contribution in [-0.2, 0) is 11.3 Å². The first-order valence-electron chi connectivity index (χ1n) is 10.1. The molecule has 1 heterocycles. The molecular weight excluding hydrogens is 374 g/mol. The molecule has 0 saturated carbocycles. The van der Waals surface area contributed by atoms with Crippen molar-refractivity contribution in [1.82, 2.24) is 4.98 Å². The van der Waals surface area contributed by atoms with Crippen molar-refractivity contribution in [1.29, 1.82) is 0 Å². The van der Waals surface area contributed by atoms with Crippen LogP contribution in [0.2, 0.25) is 0 Å². The fourth-order valence-electron chi connectivity index (χ4n) is 3.18. The molecule has 0 N–H and O–H groups in total. The lowest BCUT2D eigenvalue weighted by atomic mass is 10.1. The summed E-state index contributed by atoms with van der Waals surface area (Å²) in [5, 5.41) is 0. The van der Waals surface area contributed by atoms with E-state index in [0.717, 1.165) is 28.1 Å². The van der Waals surface area contributed by atoms with Crippen molar-refractivity contribution in [2.24, 2.45) is 0 Å². The molecule has 0 spiro atoms. The van der Waals surface area contributed by atoms with Crippen LogP contribution in [0, 0.1) is 13.8 Å². The Balaban J connectivity index is 1.84. The van der Waals surface area contributed by atoms with Gasteiger partial charge in [-0.2, -0.15) is 0 Å². The maximum absolute atomic E-state index is 13.4. The normalized spacial score (nSPS) is 11.6. The number of aryl methyl sites for hydroxylation is 1. The zero-order valence-electron chi connectivity index (χ0n) is 18.3. The van der Waals surface area contributed by atoms with Crippen molar-refractivity contribution in [3.05, 3.63) is 83.6 Å². The molecule has 0 fully saturated rings. The van der Waals surface area contributed by atoms with Gasteiger partial charge in [-0.05, 0) is 67.8 Å². The number of hydrogen-bond donors (Lipinski definition) is 0. The van der Waals surface area contributed by atoms with E-state index in [1.807, 2.05) is 93.5 Å². The van der Waals surface area contributed by atoms with Crippen LogP contribution in [0.4, 0.5) is 11.5 Å². The van der Waals surface area contributed by atoms with Crippen LogP contribution in [0.5, 0.6) is 5.75 Å². The minimum atomic E-state index is -0.645. The molecule has 5 nitrogen and oxygen atoms in total. The lowest BCUT2D eigenvalue weighted by molar-refractivity contribution is -0.124. The SMILES string of the molecule is Cc1cccc(O[C@@H](C)C(=O)N(Cc2ccc(N(C)C)cc2)c2ccccn2)c1C. The second-order valence-corrected chi connectivity index (χ2v) is 7.63. The van der Waals surface area contributed by atoms with Gasteiger partial charge in [-0.15, -0.1) is 0 Å². The van der Waals surface area contributed by atoms with Crippen LogP contribution in [0.25, 0.3) is 0 Å². The average Bonchev–Trinajstić information content (AvgIpc) is 2.75. The maximum atomic E-state index is 13.4. The van der Waals surface area contributed by atoms with Crippen molar-refractivity contribution in [2.45, 2.75) is 33.4 Å². The number of nitrogens with zero attached hydrogens (tertiary/aromatic N) is 3. The van der Waals surface area contributed by atoms with Crippen molar-refractivity contribution in [2.75, 3.05) is 23.9 Å². The van der Waals surface area contributed by atoms with Gasteiger partial charge in [0.25, 0.3) is 5.91 Å². The van der Waals surface area contributed by atoms with Crippen LogP contribution in [0.15, 0.2) is 66.9 Å². The standard InChI is InChI=1S/C25H29N3O2/c1-18-9-8-10-23(19(18)2)30-20(3)25(29)28(24-11-6-7-16-26-24)17-21-12-14-22(15-13-21)27(4)5/h6-16,20H,17H2,1-5H3/t20-/m0/s1. The summed E-state index contributed by atoms with van der Waals surface area (Å²) in [6.45, 7) is 6.25. The minimum absolute atomic E-state index is 0.133. The predicted molar refractivity (Wildman–Crippen MR) is 122 cm³/mol. The number of carbonyl (C=O) groups is 1. The van der Waals surface area contributed by atoms with E-state index in [-0.39, 0.29) is 5.91 Å². The van der Waals surface area contributed by atoms with E-state index in [1.165, 1.54) is 0 Å². The summed E-state index contributed by atoms with van der Waals surface area (Å²) in [5.74, 6) is 1.20. The summed E-state index contributed by atoms with van der Waals surface area (Å²) in [6.07, 6.45) is 1.05. The number of anilines is 2. The van der Waals surface area contributed by atoms with E-state index < -0.39 is 6.10 Å². The monoisotopic (exact) mass is 403 g/mol. The lowest BCUT2D eigenvalue weighted by Crippen LogP contribution is -2.40. The Morgan fingerprint density at radius 3 is 2.37 bits per heavy atom. The molecular formula is C25H29N3O2. The van der Waals surface area contributed by atoms with Crippen LogP contribution in [-0.4, -0.2) is 31.1 Å². The molecule has 30 heavy (non-hydrogen) atoms. The Kier molecular flexibility index (Phi) is 6.72. The Morgan fingerprint density at radius 1 is 1.00 bits per heavy atom. The lowest BCUT2D eigenvalue weighted by Gasteiger charge is -2.26. The molecule has 0 aliphatic rings. The van der Waals surface area contributed by atoms with E-state index in [9.17, 15) is 4.79 Å². The van der Waals surface area contributed by atoms with E-state index in [1.54, 1.807) is 18.0 Å². The third-order valence-electron chi connectivity index (χ3n) is 5.19. The Labute approximate surface area is 178 Å². The second-order valence-electron chi connectivity index (χ2n) is 7.63. The van der Waals surface area contributed by atoms with Gasteiger partial charge in [0.05, 0.1) is 6.54 Å². The molecule has 2 aromatic carbocycles. The van der Waals surface area contributed by atoms with Gasteiger partial charge < -0.3 is 9.64 Å². The molecule has 0 radical (unpaired) electrons. The first-order chi connectivity index (χ1) is 14.4. The van der Waals surface area contributed by atoms with Gasteiger partial charge >= 0.3 is 0 Å². The summed E-state index contributed by atoms with van der Waals surface area (Å²) < 4.78 is 6.05. The number of pyridine rings is 1. The molecule has 5 heteroatoms. The van der Waals surface area contributed by atoms with E-state index in [4.69, 9.17) is 4.74 Å². The second kappa shape index (κ2) is 9.44. The third-order valence-corrected chi connectivity index (χ3v) is 5.19. The summed E-state index contributed by atoms with van der Waals surface area (Å²) in [4.78, 5) is 21.5. The average molecular weight is 404 g/mol. The number of hydrogen-bond acceptors (Lipinski definition) is 4. The van der Waals surface area contributed by atoms with E-state index >= 15 is 0 Å². The van der Waals surface area contributed by atoms with Gasteiger partial charge in [0.15, 0.2) is 6.10 Å². The van der Waals surface area contributed by atoms with Crippen LogP contribution >= 0.6 is 0 Å². The molecule has 156 valence electrons. The molecule has 1 atom stereocenters. The number of amides is 1. The topological polar surface area (TPSA) is 45.7 Å². The largest absolute Gasteiger partial charge is 0.481 e. The molecule has 0 bridgehead atoms. The highest BCUT2D eigenvalue weighted by Gasteiger charge is 2.25. The fourth-order valence-corrected chi connectivity index (χ4v) is 3.18. The highest BCUT2D eigenvalue weighted by Crippen LogP contribution is 2.24. The number of rotatable bonds is 7. The summed E-state index contributed by atoms with van der Waals surface area (Å²) in [5.41, 5.74) is 4.31. The quantitative estimate of drug-likeness (QED) is 0.570. The summed E-state index contributed by atoms with van der Waals surface area (Å²) in [7, 11) is 4.01. The van der Waals surface area contributed by atoms with E-state index in [0.29, 0.717) is 12.4 Å². The van der Waals surface area contributed by atoms with Crippen molar-refractivity contribution in [3.8, 4) is 5.75 Å². The zero-order chi connectivity index (χ0) is 21.7. The first kappa shape index (κ1) is 21.4. The van der Waals surface area contributed by atoms with Gasteiger partial charge in [-0.25, -0.2) is 4.98 Å². The Bertz CT molecular complexity index is 985. The van der Waals surface area contributed by atoms with Crippen LogP contribution in [0.1, 0.15) is 23.6 Å². The molecule has 0 aliphatic heterocycles. The Hall–Kier alpha value is -3.34. The third kappa shape index (κ3) is 4.98. The number of ether oxygens (including phenoxy) is 1. The molecule has 1 aromatic heterocycles. The Morgan fingerprint density at radius 2 is 1.73 bits per heavy atom. The smallest absolute Gasteiger partial charge is 0.269 e. The number of benzene rings is 2. The summed E-state index contributed by atoms with van der Waals surface area (Å²) in [6, 6.07) is 19.6. The van der Waals surface area contributed by atoms with Gasteiger partial charge in [0, 0.05) is 26.0 Å². The van der Waals surface area contributed by atoms with Gasteiger partial charge in [-0.3, -0.25) is 9.69 Å².